The second-order valence-corrected chi connectivity index (χ2v) is 6.12. The van der Waals surface area contributed by atoms with Gasteiger partial charge in [0, 0.05) is 24.1 Å². The Bertz CT molecular complexity index is 410. The number of para-hydroxylation sites is 1. The molecule has 1 fully saturated rings. The third-order valence-corrected chi connectivity index (χ3v) is 3.92. The molecule has 2 rings (SSSR count). The van der Waals surface area contributed by atoms with E-state index in [1.54, 1.807) is 0 Å². The minimum absolute atomic E-state index is 0.171. The van der Waals surface area contributed by atoms with Gasteiger partial charge in [0.1, 0.15) is 5.78 Å². The lowest BCUT2D eigenvalue weighted by atomic mass is 9.89. The molecule has 2 nitrogen and oxygen atoms in total. The first kappa shape index (κ1) is 13.1. The van der Waals surface area contributed by atoms with Gasteiger partial charge < -0.3 is 5.32 Å². The van der Waals surface area contributed by atoms with Crippen molar-refractivity contribution in [2.75, 3.05) is 5.32 Å². The predicted molar refractivity (Wildman–Crippen MR) is 75.7 cm³/mol. The standard InChI is InChI=1S/C16H23NO/c1-4-15(18)13-10-16(2,3)11-14(13)17-12-8-6-5-7-9-12/h5-9,13-14,17H,4,10-11H2,1-3H3. The zero-order valence-electron chi connectivity index (χ0n) is 11.6. The molecule has 2 heteroatoms. The molecule has 1 aliphatic carbocycles. The summed E-state index contributed by atoms with van der Waals surface area (Å²) in [6.07, 6.45) is 2.72. The van der Waals surface area contributed by atoms with Crippen LogP contribution in [0.2, 0.25) is 0 Å². The Morgan fingerprint density at radius 3 is 2.56 bits per heavy atom. The Balaban J connectivity index is 2.12. The van der Waals surface area contributed by atoms with Crippen LogP contribution in [0.25, 0.3) is 0 Å². The van der Waals surface area contributed by atoms with E-state index in [2.05, 4.69) is 31.3 Å². The molecular weight excluding hydrogens is 222 g/mol. The van der Waals surface area contributed by atoms with E-state index in [0.717, 1.165) is 18.5 Å². The van der Waals surface area contributed by atoms with E-state index in [-0.39, 0.29) is 17.4 Å². The normalized spacial score (nSPS) is 25.9. The van der Waals surface area contributed by atoms with Gasteiger partial charge in [0.2, 0.25) is 0 Å². The Morgan fingerprint density at radius 2 is 1.94 bits per heavy atom. The predicted octanol–water partition coefficient (Wildman–Crippen LogP) is 3.88. The minimum Gasteiger partial charge on any atom is -0.382 e. The molecule has 1 aromatic rings. The van der Waals surface area contributed by atoms with Crippen LogP contribution in [0.5, 0.6) is 0 Å². The highest BCUT2D eigenvalue weighted by Crippen LogP contribution is 2.43. The Morgan fingerprint density at radius 1 is 1.28 bits per heavy atom. The van der Waals surface area contributed by atoms with Crippen LogP contribution < -0.4 is 5.32 Å². The van der Waals surface area contributed by atoms with E-state index in [1.807, 2.05) is 25.1 Å². The summed E-state index contributed by atoms with van der Waals surface area (Å²) >= 11 is 0. The molecule has 0 bridgehead atoms. The molecular formula is C16H23NO. The van der Waals surface area contributed by atoms with Gasteiger partial charge in [0.05, 0.1) is 0 Å². The highest BCUT2D eigenvalue weighted by Gasteiger charge is 2.41. The summed E-state index contributed by atoms with van der Waals surface area (Å²) in [6.45, 7) is 6.48. The number of carbonyl (C=O) groups excluding carboxylic acids is 1. The third-order valence-electron chi connectivity index (χ3n) is 3.92. The lowest BCUT2D eigenvalue weighted by molar-refractivity contribution is -0.122. The van der Waals surface area contributed by atoms with E-state index in [1.165, 1.54) is 0 Å². The number of benzene rings is 1. The zero-order chi connectivity index (χ0) is 13.2. The average molecular weight is 245 g/mol. The van der Waals surface area contributed by atoms with Gasteiger partial charge in [-0.3, -0.25) is 4.79 Å². The van der Waals surface area contributed by atoms with Crippen LogP contribution in [0.4, 0.5) is 5.69 Å². The van der Waals surface area contributed by atoms with Gasteiger partial charge in [-0.15, -0.1) is 0 Å². The summed E-state index contributed by atoms with van der Waals surface area (Å²) in [5, 5.41) is 3.54. The summed E-state index contributed by atoms with van der Waals surface area (Å²) in [7, 11) is 0. The summed E-state index contributed by atoms with van der Waals surface area (Å²) in [6, 6.07) is 10.5. The van der Waals surface area contributed by atoms with Crippen molar-refractivity contribution in [3.05, 3.63) is 30.3 Å². The van der Waals surface area contributed by atoms with Gasteiger partial charge in [-0.25, -0.2) is 0 Å². The number of nitrogens with one attached hydrogen (secondary N) is 1. The van der Waals surface area contributed by atoms with Crippen LogP contribution >= 0.6 is 0 Å². The van der Waals surface area contributed by atoms with Gasteiger partial charge >= 0.3 is 0 Å². The van der Waals surface area contributed by atoms with E-state index in [0.29, 0.717) is 12.2 Å². The molecule has 0 aliphatic heterocycles. The monoisotopic (exact) mass is 245 g/mol. The van der Waals surface area contributed by atoms with Crippen LogP contribution in [0, 0.1) is 11.3 Å². The van der Waals surface area contributed by atoms with Crippen molar-refractivity contribution in [3.63, 3.8) is 0 Å². The van der Waals surface area contributed by atoms with Crippen molar-refractivity contribution in [2.45, 2.75) is 46.1 Å². The van der Waals surface area contributed by atoms with E-state index in [4.69, 9.17) is 0 Å². The summed E-state index contributed by atoms with van der Waals surface area (Å²) in [5.41, 5.74) is 1.39. The molecule has 0 saturated heterocycles. The number of hydrogen-bond acceptors (Lipinski definition) is 2. The highest BCUT2D eigenvalue weighted by molar-refractivity contribution is 5.82. The van der Waals surface area contributed by atoms with Crippen molar-refractivity contribution in [2.24, 2.45) is 11.3 Å². The third kappa shape index (κ3) is 2.92. The number of rotatable bonds is 4. The molecule has 1 N–H and O–H groups in total. The first-order valence-electron chi connectivity index (χ1n) is 6.86. The fourth-order valence-electron chi connectivity index (χ4n) is 3.06. The van der Waals surface area contributed by atoms with Crippen molar-refractivity contribution >= 4 is 11.5 Å². The van der Waals surface area contributed by atoms with Crippen molar-refractivity contribution in [1.29, 1.82) is 0 Å². The van der Waals surface area contributed by atoms with Gasteiger partial charge in [-0.1, -0.05) is 39.0 Å². The van der Waals surface area contributed by atoms with Crippen molar-refractivity contribution < 1.29 is 4.79 Å². The number of Topliss-reactive ketones (excluding diaryl/α,β-unsaturated/α-hetero) is 1. The minimum atomic E-state index is 0.171. The van der Waals surface area contributed by atoms with Gasteiger partial charge in [0.15, 0.2) is 0 Å². The molecule has 0 aromatic heterocycles. The van der Waals surface area contributed by atoms with Crippen molar-refractivity contribution in [1.82, 2.24) is 0 Å². The van der Waals surface area contributed by atoms with Crippen LogP contribution in [0.3, 0.4) is 0 Å². The van der Waals surface area contributed by atoms with Crippen LogP contribution in [0.15, 0.2) is 30.3 Å². The largest absolute Gasteiger partial charge is 0.382 e. The molecule has 1 aliphatic rings. The maximum atomic E-state index is 12.1. The van der Waals surface area contributed by atoms with E-state index >= 15 is 0 Å². The van der Waals surface area contributed by atoms with Crippen LogP contribution in [0.1, 0.15) is 40.0 Å². The molecule has 1 saturated carbocycles. The maximum Gasteiger partial charge on any atom is 0.137 e. The molecule has 1 aromatic carbocycles. The van der Waals surface area contributed by atoms with E-state index in [9.17, 15) is 4.79 Å². The lowest BCUT2D eigenvalue weighted by Gasteiger charge is -2.20. The summed E-state index contributed by atoms with van der Waals surface area (Å²) in [5.74, 6) is 0.569. The fourth-order valence-corrected chi connectivity index (χ4v) is 3.06. The average Bonchev–Trinajstić information content (AvgIpc) is 2.65. The highest BCUT2D eigenvalue weighted by atomic mass is 16.1. The zero-order valence-corrected chi connectivity index (χ0v) is 11.6. The molecule has 2 atom stereocenters. The smallest absolute Gasteiger partial charge is 0.137 e. The van der Waals surface area contributed by atoms with Crippen LogP contribution in [-0.4, -0.2) is 11.8 Å². The van der Waals surface area contributed by atoms with E-state index < -0.39 is 0 Å². The van der Waals surface area contributed by atoms with Crippen molar-refractivity contribution in [3.8, 4) is 0 Å². The second-order valence-electron chi connectivity index (χ2n) is 6.12. The lowest BCUT2D eigenvalue weighted by Crippen LogP contribution is -2.29. The summed E-state index contributed by atoms with van der Waals surface area (Å²) in [4.78, 5) is 12.1. The number of ketones is 1. The van der Waals surface area contributed by atoms with Gasteiger partial charge in [-0.05, 0) is 30.4 Å². The molecule has 0 amide bonds. The number of hydrogen-bond donors (Lipinski definition) is 1. The molecule has 0 heterocycles. The topological polar surface area (TPSA) is 29.1 Å². The Kier molecular flexibility index (Phi) is 3.74. The molecule has 0 radical (unpaired) electrons. The first-order chi connectivity index (χ1) is 8.52. The number of carbonyl (C=O) groups is 1. The maximum absolute atomic E-state index is 12.1. The summed E-state index contributed by atoms with van der Waals surface area (Å²) < 4.78 is 0. The first-order valence-corrected chi connectivity index (χ1v) is 6.86. The second kappa shape index (κ2) is 5.13. The molecule has 98 valence electrons. The van der Waals surface area contributed by atoms with Gasteiger partial charge in [-0.2, -0.15) is 0 Å². The number of anilines is 1. The molecule has 18 heavy (non-hydrogen) atoms. The SMILES string of the molecule is CCC(=O)C1CC(C)(C)CC1Nc1ccccc1. The quantitative estimate of drug-likeness (QED) is 0.872. The Labute approximate surface area is 110 Å². The van der Waals surface area contributed by atoms with Crippen LogP contribution in [-0.2, 0) is 4.79 Å². The fraction of sp³-hybridized carbons (Fsp3) is 0.562. The molecule has 2 unspecified atom stereocenters. The van der Waals surface area contributed by atoms with Gasteiger partial charge in [0.25, 0.3) is 0 Å². The Hall–Kier alpha value is -1.31. The molecule has 0 spiro atoms.